The fourth-order valence-corrected chi connectivity index (χ4v) is 2.40. The number of methoxy groups -OCH3 is 1. The molecule has 0 spiro atoms. The first-order valence-corrected chi connectivity index (χ1v) is 7.04. The first kappa shape index (κ1) is 14.6. The maximum atomic E-state index is 12.4. The van der Waals surface area contributed by atoms with E-state index in [4.69, 9.17) is 25.5 Å². The Kier molecular flexibility index (Phi) is 4.13. The molecule has 0 aliphatic rings. The summed E-state index contributed by atoms with van der Waals surface area (Å²) in [5.74, 6) is -0.183. The topological polar surface area (TPSA) is 48.7 Å². The number of ether oxygens (including phenoxy) is 2. The second-order valence-corrected chi connectivity index (χ2v) is 5.07. The van der Waals surface area contributed by atoms with Crippen LogP contribution in [0.15, 0.2) is 52.9 Å². The highest BCUT2D eigenvalue weighted by Crippen LogP contribution is 2.29. The van der Waals surface area contributed by atoms with Crippen LogP contribution in [0.5, 0.6) is 5.75 Å². The Morgan fingerprint density at radius 1 is 1.14 bits per heavy atom. The highest BCUT2D eigenvalue weighted by molar-refractivity contribution is 6.32. The molecule has 22 heavy (non-hydrogen) atoms. The van der Waals surface area contributed by atoms with Crippen molar-refractivity contribution >= 4 is 28.5 Å². The predicted molar refractivity (Wildman–Crippen MR) is 83.3 cm³/mol. The molecule has 0 unspecified atom stereocenters. The number of hydrogen-bond donors (Lipinski definition) is 0. The number of rotatable bonds is 4. The molecule has 1 heterocycles. The average molecular weight is 317 g/mol. The van der Waals surface area contributed by atoms with Crippen LogP contribution >= 0.6 is 11.6 Å². The summed E-state index contributed by atoms with van der Waals surface area (Å²) in [6, 6.07) is 14.2. The summed E-state index contributed by atoms with van der Waals surface area (Å²) in [4.78, 5) is 12.4. The second kappa shape index (κ2) is 6.22. The molecule has 0 aliphatic heterocycles. The summed E-state index contributed by atoms with van der Waals surface area (Å²) in [7, 11) is 1.56. The molecule has 4 nitrogen and oxygen atoms in total. The van der Waals surface area contributed by atoms with Crippen LogP contribution in [0.4, 0.5) is 0 Å². The minimum Gasteiger partial charge on any atom is -0.449 e. The Morgan fingerprint density at radius 2 is 1.86 bits per heavy atom. The van der Waals surface area contributed by atoms with Crippen molar-refractivity contribution in [2.45, 2.75) is 6.61 Å². The third-order valence-electron chi connectivity index (χ3n) is 3.21. The smallest absolute Gasteiger partial charge is 0.380 e. The highest BCUT2D eigenvalue weighted by atomic mass is 35.5. The van der Waals surface area contributed by atoms with Gasteiger partial charge in [-0.2, -0.15) is 0 Å². The van der Waals surface area contributed by atoms with Gasteiger partial charge in [0.2, 0.25) is 5.76 Å². The minimum atomic E-state index is -0.601. The Balaban J connectivity index is 2.00. The molecule has 5 heteroatoms. The number of furan rings is 1. The van der Waals surface area contributed by atoms with Gasteiger partial charge in [-0.3, -0.25) is 0 Å². The van der Waals surface area contributed by atoms with Crippen LogP contribution in [0, 0.1) is 0 Å². The molecular formula is C17H13ClO4. The van der Waals surface area contributed by atoms with Gasteiger partial charge in [0.1, 0.15) is 11.3 Å². The molecule has 0 radical (unpaired) electrons. The molecule has 2 aromatic carbocycles. The van der Waals surface area contributed by atoms with Crippen LogP contribution in [-0.4, -0.2) is 13.1 Å². The molecule has 0 fully saturated rings. The van der Waals surface area contributed by atoms with Crippen molar-refractivity contribution in [3.05, 3.63) is 64.9 Å². The lowest BCUT2D eigenvalue weighted by molar-refractivity contribution is 0.0697. The van der Waals surface area contributed by atoms with Gasteiger partial charge < -0.3 is 13.9 Å². The third-order valence-corrected chi connectivity index (χ3v) is 3.52. The highest BCUT2D eigenvalue weighted by Gasteiger charge is 2.22. The monoisotopic (exact) mass is 316 g/mol. The van der Waals surface area contributed by atoms with Crippen molar-refractivity contribution in [3.8, 4) is 5.75 Å². The lowest BCUT2D eigenvalue weighted by atomic mass is 10.1. The molecule has 0 bridgehead atoms. The molecule has 3 aromatic rings. The average Bonchev–Trinajstić information content (AvgIpc) is 2.89. The van der Waals surface area contributed by atoms with Crippen LogP contribution in [0.3, 0.4) is 0 Å². The molecule has 0 atom stereocenters. The van der Waals surface area contributed by atoms with Gasteiger partial charge >= 0.3 is 5.97 Å². The third kappa shape index (κ3) is 2.71. The lowest BCUT2D eigenvalue weighted by Crippen LogP contribution is -2.10. The van der Waals surface area contributed by atoms with Crippen LogP contribution < -0.4 is 4.74 Å². The van der Waals surface area contributed by atoms with Crippen LogP contribution in [0.2, 0.25) is 5.02 Å². The molecule has 0 saturated carbocycles. The molecule has 0 aliphatic carbocycles. The van der Waals surface area contributed by atoms with E-state index in [0.29, 0.717) is 16.2 Å². The predicted octanol–water partition coefficient (Wildman–Crippen LogP) is 4.45. The Bertz CT molecular complexity index is 822. The molecule has 1 aromatic heterocycles. The molecular weight excluding hydrogens is 304 g/mol. The van der Waals surface area contributed by atoms with Gasteiger partial charge in [0.05, 0.1) is 11.6 Å². The Hall–Kier alpha value is -2.30. The number of esters is 1. The molecule has 0 saturated heterocycles. The largest absolute Gasteiger partial charge is 0.449 e. The zero-order valence-corrected chi connectivity index (χ0v) is 12.6. The summed E-state index contributed by atoms with van der Waals surface area (Å²) in [6.07, 6.45) is 0. The summed E-state index contributed by atoms with van der Waals surface area (Å²) < 4.78 is 16.1. The van der Waals surface area contributed by atoms with Gasteiger partial charge in [0, 0.05) is 18.1 Å². The van der Waals surface area contributed by atoms with E-state index in [9.17, 15) is 4.79 Å². The van der Waals surface area contributed by atoms with E-state index in [1.165, 1.54) is 0 Å². The number of carbonyl (C=O) groups is 1. The van der Waals surface area contributed by atoms with E-state index in [1.807, 2.05) is 18.2 Å². The van der Waals surface area contributed by atoms with Gasteiger partial charge in [-0.25, -0.2) is 4.79 Å². The van der Waals surface area contributed by atoms with Crippen molar-refractivity contribution < 1.29 is 18.7 Å². The first-order valence-electron chi connectivity index (χ1n) is 6.66. The summed E-state index contributed by atoms with van der Waals surface area (Å²) in [5, 5.41) is 1.19. The van der Waals surface area contributed by atoms with E-state index >= 15 is 0 Å². The van der Waals surface area contributed by atoms with Crippen molar-refractivity contribution in [1.82, 2.24) is 0 Å². The lowest BCUT2D eigenvalue weighted by Gasteiger charge is -2.05. The fourth-order valence-electron chi connectivity index (χ4n) is 2.23. The zero-order valence-electron chi connectivity index (χ0n) is 11.8. The molecule has 3 rings (SSSR count). The number of fused-ring (bicyclic) bond motifs is 1. The van der Waals surface area contributed by atoms with Crippen molar-refractivity contribution in [1.29, 1.82) is 0 Å². The van der Waals surface area contributed by atoms with Crippen LogP contribution in [0.25, 0.3) is 11.0 Å². The molecule has 0 N–H and O–H groups in total. The van der Waals surface area contributed by atoms with Crippen molar-refractivity contribution in [3.63, 3.8) is 0 Å². The standard InChI is InChI=1S/C17H13ClO4/c1-20-10-12-11-6-2-4-8-14(11)21-16(12)17(19)22-15-9-5-3-7-13(15)18/h2-9H,10H2,1H3. The number of carbonyl (C=O) groups excluding carboxylic acids is 1. The first-order chi connectivity index (χ1) is 10.7. The zero-order chi connectivity index (χ0) is 15.5. The van der Waals surface area contributed by atoms with Crippen molar-refractivity contribution in [2.24, 2.45) is 0 Å². The number of hydrogen-bond acceptors (Lipinski definition) is 4. The van der Waals surface area contributed by atoms with Crippen LogP contribution in [-0.2, 0) is 11.3 Å². The SMILES string of the molecule is COCc1c(C(=O)Oc2ccccc2Cl)oc2ccccc12. The summed E-state index contributed by atoms with van der Waals surface area (Å²) in [6.45, 7) is 0.254. The van der Waals surface area contributed by atoms with Crippen molar-refractivity contribution in [2.75, 3.05) is 7.11 Å². The van der Waals surface area contributed by atoms with Gasteiger partial charge in [-0.05, 0) is 18.2 Å². The maximum absolute atomic E-state index is 12.4. The van der Waals surface area contributed by atoms with Gasteiger partial charge in [0.15, 0.2) is 0 Å². The molecule has 0 amide bonds. The van der Waals surface area contributed by atoms with Gasteiger partial charge in [0.25, 0.3) is 0 Å². The Morgan fingerprint density at radius 3 is 2.64 bits per heavy atom. The maximum Gasteiger partial charge on any atom is 0.380 e. The van der Waals surface area contributed by atoms with E-state index in [0.717, 1.165) is 5.39 Å². The number of para-hydroxylation sites is 2. The van der Waals surface area contributed by atoms with E-state index < -0.39 is 5.97 Å². The molecule has 112 valence electrons. The number of halogens is 1. The number of benzene rings is 2. The van der Waals surface area contributed by atoms with Gasteiger partial charge in [-0.1, -0.05) is 41.9 Å². The summed E-state index contributed by atoms with van der Waals surface area (Å²) in [5.41, 5.74) is 1.27. The normalized spacial score (nSPS) is 10.8. The van der Waals surface area contributed by atoms with Gasteiger partial charge in [-0.15, -0.1) is 0 Å². The van der Waals surface area contributed by atoms with E-state index in [1.54, 1.807) is 37.4 Å². The fraction of sp³-hybridized carbons (Fsp3) is 0.118. The van der Waals surface area contributed by atoms with Crippen LogP contribution in [0.1, 0.15) is 16.1 Å². The van der Waals surface area contributed by atoms with E-state index in [-0.39, 0.29) is 18.1 Å². The Labute approximate surface area is 132 Å². The second-order valence-electron chi connectivity index (χ2n) is 4.66. The van der Waals surface area contributed by atoms with E-state index in [2.05, 4.69) is 0 Å². The minimum absolute atomic E-state index is 0.128. The summed E-state index contributed by atoms with van der Waals surface area (Å²) >= 11 is 6.00. The quantitative estimate of drug-likeness (QED) is 0.527.